The van der Waals surface area contributed by atoms with Gasteiger partial charge in [-0.15, -0.1) is 0 Å². The van der Waals surface area contributed by atoms with Crippen molar-refractivity contribution in [3.05, 3.63) is 46.4 Å². The van der Waals surface area contributed by atoms with Gasteiger partial charge >= 0.3 is 5.97 Å². The Balaban J connectivity index is 2.38. The summed E-state index contributed by atoms with van der Waals surface area (Å²) in [5.74, 6) is -2.43. The van der Waals surface area contributed by atoms with Gasteiger partial charge in [0.15, 0.2) is 0 Å². The molecule has 100 valence electrons. The molecule has 8 heteroatoms. The molecule has 1 aromatic heterocycles. The van der Waals surface area contributed by atoms with Crippen molar-refractivity contribution < 1.29 is 22.7 Å². The molecular weight excluding hydrogens is 293 g/mol. The predicted octanol–water partition coefficient (Wildman–Crippen LogP) is 2.39. The van der Waals surface area contributed by atoms with Crippen LogP contribution >= 0.6 is 11.3 Å². The van der Waals surface area contributed by atoms with Crippen LogP contribution < -0.4 is 4.72 Å². The Morgan fingerprint density at radius 1 is 1.32 bits per heavy atom. The van der Waals surface area contributed by atoms with Crippen molar-refractivity contribution >= 4 is 33.0 Å². The van der Waals surface area contributed by atoms with E-state index in [9.17, 15) is 17.6 Å². The van der Waals surface area contributed by atoms with Crippen LogP contribution in [0.1, 0.15) is 10.4 Å². The number of aromatic carboxylic acids is 1. The molecule has 0 aliphatic rings. The zero-order chi connectivity index (χ0) is 14.0. The summed E-state index contributed by atoms with van der Waals surface area (Å²) in [5.41, 5.74) is 0.0127. The lowest BCUT2D eigenvalue weighted by Gasteiger charge is -2.07. The van der Waals surface area contributed by atoms with Gasteiger partial charge in [0.2, 0.25) is 0 Å². The van der Waals surface area contributed by atoms with Crippen LogP contribution in [-0.4, -0.2) is 19.5 Å². The summed E-state index contributed by atoms with van der Waals surface area (Å²) in [4.78, 5) is 10.0. The molecule has 0 radical (unpaired) electrons. The number of nitrogens with one attached hydrogen (secondary N) is 1. The van der Waals surface area contributed by atoms with E-state index in [4.69, 9.17) is 5.11 Å². The summed E-state index contributed by atoms with van der Waals surface area (Å²) in [5, 5.41) is 11.9. The highest BCUT2D eigenvalue weighted by atomic mass is 32.2. The van der Waals surface area contributed by atoms with E-state index in [1.807, 2.05) is 0 Å². The first-order valence-corrected chi connectivity index (χ1v) is 7.40. The van der Waals surface area contributed by atoms with Gasteiger partial charge in [0.05, 0.1) is 11.3 Å². The molecule has 0 aliphatic carbocycles. The SMILES string of the molecule is O=C(O)c1ccc(S(=O)(=O)Nc2ccsc2)c(F)c1. The molecule has 0 spiro atoms. The third kappa shape index (κ3) is 2.91. The number of hydrogen-bond acceptors (Lipinski definition) is 4. The van der Waals surface area contributed by atoms with E-state index in [-0.39, 0.29) is 5.56 Å². The monoisotopic (exact) mass is 301 g/mol. The second-order valence-electron chi connectivity index (χ2n) is 3.57. The fraction of sp³-hybridized carbons (Fsp3) is 0. The highest BCUT2D eigenvalue weighted by Crippen LogP contribution is 2.21. The standard InChI is InChI=1S/C11H8FNO4S2/c12-9-5-7(11(14)15)1-2-10(9)19(16,17)13-8-3-4-18-6-8/h1-6,13H,(H,14,15). The van der Waals surface area contributed by atoms with Gasteiger partial charge in [-0.3, -0.25) is 4.72 Å². The molecule has 2 rings (SSSR count). The molecule has 5 nitrogen and oxygen atoms in total. The molecule has 2 N–H and O–H groups in total. The number of hydrogen-bond donors (Lipinski definition) is 2. The quantitative estimate of drug-likeness (QED) is 0.908. The van der Waals surface area contributed by atoms with Crippen LogP contribution in [-0.2, 0) is 10.0 Å². The van der Waals surface area contributed by atoms with Crippen molar-refractivity contribution in [1.82, 2.24) is 0 Å². The van der Waals surface area contributed by atoms with Gasteiger partial charge in [-0.1, -0.05) is 0 Å². The maximum Gasteiger partial charge on any atom is 0.335 e. The van der Waals surface area contributed by atoms with Crippen LogP contribution in [0.5, 0.6) is 0 Å². The van der Waals surface area contributed by atoms with Crippen LogP contribution in [0.25, 0.3) is 0 Å². The van der Waals surface area contributed by atoms with Crippen molar-refractivity contribution in [2.45, 2.75) is 4.90 Å². The van der Waals surface area contributed by atoms with E-state index in [1.165, 1.54) is 17.4 Å². The number of carboxylic acid groups (broad SMARTS) is 1. The molecule has 0 saturated carbocycles. The average Bonchev–Trinajstić information content (AvgIpc) is 2.80. The summed E-state index contributed by atoms with van der Waals surface area (Å²) in [6.45, 7) is 0. The molecule has 1 aromatic carbocycles. The Bertz CT molecular complexity index is 710. The molecule has 0 atom stereocenters. The summed E-state index contributed by atoms with van der Waals surface area (Å²) in [6, 6.07) is 4.16. The van der Waals surface area contributed by atoms with Gasteiger partial charge < -0.3 is 5.11 Å². The number of halogens is 1. The van der Waals surface area contributed by atoms with E-state index in [0.717, 1.165) is 12.1 Å². The van der Waals surface area contributed by atoms with Gasteiger partial charge in [-0.2, -0.15) is 11.3 Å². The van der Waals surface area contributed by atoms with Crippen molar-refractivity contribution in [2.75, 3.05) is 4.72 Å². The largest absolute Gasteiger partial charge is 0.478 e. The fourth-order valence-electron chi connectivity index (χ4n) is 1.38. The Labute approximate surface area is 112 Å². The number of carbonyl (C=O) groups is 1. The van der Waals surface area contributed by atoms with Crippen molar-refractivity contribution in [1.29, 1.82) is 0 Å². The molecule has 0 fully saturated rings. The molecule has 0 saturated heterocycles. The predicted molar refractivity (Wildman–Crippen MR) is 68.5 cm³/mol. The third-order valence-electron chi connectivity index (χ3n) is 2.24. The van der Waals surface area contributed by atoms with Crippen LogP contribution in [0.15, 0.2) is 39.9 Å². The van der Waals surface area contributed by atoms with Crippen LogP contribution in [0.3, 0.4) is 0 Å². The molecule has 0 amide bonds. The molecule has 1 heterocycles. The Hall–Kier alpha value is -1.93. The van der Waals surface area contributed by atoms with E-state index in [0.29, 0.717) is 11.8 Å². The second kappa shape index (κ2) is 4.98. The topological polar surface area (TPSA) is 83.5 Å². The molecule has 0 aliphatic heterocycles. The number of thiophene rings is 1. The smallest absolute Gasteiger partial charge is 0.335 e. The van der Waals surface area contributed by atoms with Gasteiger partial charge in [0.1, 0.15) is 10.7 Å². The summed E-state index contributed by atoms with van der Waals surface area (Å²) in [6.07, 6.45) is 0. The molecule has 0 bridgehead atoms. The third-order valence-corrected chi connectivity index (χ3v) is 4.34. The first-order valence-electron chi connectivity index (χ1n) is 4.98. The number of rotatable bonds is 4. The lowest BCUT2D eigenvalue weighted by atomic mass is 10.2. The van der Waals surface area contributed by atoms with E-state index in [2.05, 4.69) is 4.72 Å². The Morgan fingerprint density at radius 3 is 2.58 bits per heavy atom. The average molecular weight is 301 g/mol. The number of benzene rings is 1. The lowest BCUT2D eigenvalue weighted by molar-refractivity contribution is 0.0696. The van der Waals surface area contributed by atoms with Crippen molar-refractivity contribution in [3.63, 3.8) is 0 Å². The second-order valence-corrected chi connectivity index (χ2v) is 6.00. The van der Waals surface area contributed by atoms with Crippen LogP contribution in [0.4, 0.5) is 10.1 Å². The molecule has 2 aromatic rings. The minimum Gasteiger partial charge on any atom is -0.478 e. The zero-order valence-electron chi connectivity index (χ0n) is 9.33. The summed E-state index contributed by atoms with van der Waals surface area (Å²) >= 11 is 1.29. The van der Waals surface area contributed by atoms with Crippen molar-refractivity contribution in [3.8, 4) is 0 Å². The van der Waals surface area contributed by atoms with Crippen LogP contribution in [0, 0.1) is 5.82 Å². The van der Waals surface area contributed by atoms with Gasteiger partial charge in [0, 0.05) is 5.38 Å². The maximum atomic E-state index is 13.7. The van der Waals surface area contributed by atoms with E-state index in [1.54, 1.807) is 10.8 Å². The van der Waals surface area contributed by atoms with Crippen molar-refractivity contribution in [2.24, 2.45) is 0 Å². The van der Waals surface area contributed by atoms with E-state index >= 15 is 0 Å². The van der Waals surface area contributed by atoms with E-state index < -0.39 is 26.7 Å². The minimum absolute atomic E-state index is 0.313. The van der Waals surface area contributed by atoms with Crippen LogP contribution in [0.2, 0.25) is 0 Å². The Kier molecular flexibility index (Phi) is 3.54. The molecule has 0 unspecified atom stereocenters. The highest BCUT2D eigenvalue weighted by molar-refractivity contribution is 7.92. The first-order chi connectivity index (χ1) is 8.90. The highest BCUT2D eigenvalue weighted by Gasteiger charge is 2.20. The fourth-order valence-corrected chi connectivity index (χ4v) is 3.16. The first kappa shape index (κ1) is 13.5. The Morgan fingerprint density at radius 2 is 2.05 bits per heavy atom. The normalized spacial score (nSPS) is 11.2. The number of carboxylic acids is 1. The van der Waals surface area contributed by atoms with Gasteiger partial charge in [0.25, 0.3) is 10.0 Å². The molecular formula is C11H8FNO4S2. The number of sulfonamides is 1. The summed E-state index contributed by atoms with van der Waals surface area (Å²) in [7, 11) is -4.07. The van der Waals surface area contributed by atoms with Gasteiger partial charge in [-0.25, -0.2) is 17.6 Å². The minimum atomic E-state index is -4.07. The number of anilines is 1. The summed E-state index contributed by atoms with van der Waals surface area (Å²) < 4.78 is 39.7. The molecule has 19 heavy (non-hydrogen) atoms. The zero-order valence-corrected chi connectivity index (χ0v) is 11.0. The lowest BCUT2D eigenvalue weighted by Crippen LogP contribution is -2.14. The van der Waals surface area contributed by atoms with Gasteiger partial charge in [-0.05, 0) is 29.6 Å². The maximum absolute atomic E-state index is 13.7.